The van der Waals surface area contributed by atoms with Crippen LogP contribution in [0.3, 0.4) is 0 Å². The first-order valence-electron chi connectivity index (χ1n) is 5.63. The SMILES string of the molecule is CCCC(=O)N1CC2(C[C@@H](OC)CS2)C1. The van der Waals surface area contributed by atoms with Gasteiger partial charge in [-0.05, 0) is 12.8 Å². The van der Waals surface area contributed by atoms with Crippen molar-refractivity contribution in [3.8, 4) is 0 Å². The Balaban J connectivity index is 1.80. The Labute approximate surface area is 95.5 Å². The Morgan fingerprint density at radius 2 is 2.33 bits per heavy atom. The van der Waals surface area contributed by atoms with Crippen molar-refractivity contribution in [2.24, 2.45) is 0 Å². The Morgan fingerprint density at radius 1 is 1.60 bits per heavy atom. The molecule has 2 heterocycles. The van der Waals surface area contributed by atoms with Crippen molar-refractivity contribution >= 4 is 17.7 Å². The van der Waals surface area contributed by atoms with E-state index in [1.807, 2.05) is 16.7 Å². The average molecular weight is 229 g/mol. The maximum atomic E-state index is 11.6. The van der Waals surface area contributed by atoms with Crippen molar-refractivity contribution in [1.29, 1.82) is 0 Å². The van der Waals surface area contributed by atoms with Crippen LogP contribution in [-0.4, -0.2) is 47.6 Å². The number of ether oxygens (including phenoxy) is 1. The molecule has 0 radical (unpaired) electrons. The monoisotopic (exact) mass is 229 g/mol. The van der Waals surface area contributed by atoms with Gasteiger partial charge in [0.1, 0.15) is 0 Å². The summed E-state index contributed by atoms with van der Waals surface area (Å²) in [5, 5.41) is 0. The Morgan fingerprint density at radius 3 is 2.87 bits per heavy atom. The van der Waals surface area contributed by atoms with E-state index in [0.29, 0.717) is 23.2 Å². The fourth-order valence-electron chi connectivity index (χ4n) is 2.37. The molecule has 1 atom stereocenters. The number of likely N-dealkylation sites (tertiary alicyclic amines) is 1. The minimum Gasteiger partial charge on any atom is -0.381 e. The van der Waals surface area contributed by atoms with Gasteiger partial charge in [0.2, 0.25) is 5.91 Å². The molecule has 0 N–H and O–H groups in total. The van der Waals surface area contributed by atoms with Crippen molar-refractivity contribution in [2.75, 3.05) is 26.0 Å². The van der Waals surface area contributed by atoms with E-state index in [1.54, 1.807) is 7.11 Å². The lowest BCUT2D eigenvalue weighted by Gasteiger charge is -2.47. The summed E-state index contributed by atoms with van der Waals surface area (Å²) in [4.78, 5) is 13.6. The summed E-state index contributed by atoms with van der Waals surface area (Å²) in [5.74, 6) is 1.41. The average Bonchev–Trinajstić information content (AvgIpc) is 2.59. The van der Waals surface area contributed by atoms with Crippen molar-refractivity contribution in [3.05, 3.63) is 0 Å². The number of hydrogen-bond donors (Lipinski definition) is 0. The summed E-state index contributed by atoms with van der Waals surface area (Å²) in [6, 6.07) is 0. The summed E-state index contributed by atoms with van der Waals surface area (Å²) in [5.41, 5.74) is 0. The molecule has 0 aromatic carbocycles. The first kappa shape index (κ1) is 11.3. The third kappa shape index (κ3) is 2.16. The molecule has 1 spiro atoms. The zero-order chi connectivity index (χ0) is 10.9. The van der Waals surface area contributed by atoms with E-state index in [4.69, 9.17) is 4.74 Å². The lowest BCUT2D eigenvalue weighted by molar-refractivity contribution is -0.136. The highest BCUT2D eigenvalue weighted by molar-refractivity contribution is 8.01. The van der Waals surface area contributed by atoms with Gasteiger partial charge in [-0.3, -0.25) is 4.79 Å². The third-order valence-corrected chi connectivity index (χ3v) is 4.86. The van der Waals surface area contributed by atoms with Gasteiger partial charge in [-0.2, -0.15) is 0 Å². The quantitative estimate of drug-likeness (QED) is 0.735. The molecular weight excluding hydrogens is 210 g/mol. The second-order valence-corrected chi connectivity index (χ2v) is 6.04. The van der Waals surface area contributed by atoms with Gasteiger partial charge < -0.3 is 9.64 Å². The van der Waals surface area contributed by atoms with Gasteiger partial charge in [0, 0.05) is 32.4 Å². The molecule has 4 heteroatoms. The van der Waals surface area contributed by atoms with Gasteiger partial charge >= 0.3 is 0 Å². The Bertz CT molecular complexity index is 251. The summed E-state index contributed by atoms with van der Waals surface area (Å²) in [6.07, 6.45) is 3.17. The topological polar surface area (TPSA) is 29.5 Å². The number of carbonyl (C=O) groups excluding carboxylic acids is 1. The first-order chi connectivity index (χ1) is 7.19. The van der Waals surface area contributed by atoms with E-state index < -0.39 is 0 Å². The maximum absolute atomic E-state index is 11.6. The highest BCUT2D eigenvalue weighted by Gasteiger charge is 2.50. The van der Waals surface area contributed by atoms with Crippen LogP contribution in [0.4, 0.5) is 0 Å². The Kier molecular flexibility index (Phi) is 3.26. The van der Waals surface area contributed by atoms with Crippen LogP contribution in [0.2, 0.25) is 0 Å². The van der Waals surface area contributed by atoms with Gasteiger partial charge in [-0.15, -0.1) is 11.8 Å². The van der Waals surface area contributed by atoms with E-state index >= 15 is 0 Å². The van der Waals surface area contributed by atoms with Crippen molar-refractivity contribution in [2.45, 2.75) is 37.0 Å². The molecule has 86 valence electrons. The van der Waals surface area contributed by atoms with Gasteiger partial charge in [0.15, 0.2) is 0 Å². The van der Waals surface area contributed by atoms with E-state index in [9.17, 15) is 4.79 Å². The molecule has 0 bridgehead atoms. The van der Waals surface area contributed by atoms with Gasteiger partial charge in [-0.1, -0.05) is 6.92 Å². The van der Waals surface area contributed by atoms with Crippen LogP contribution in [0.5, 0.6) is 0 Å². The highest BCUT2D eigenvalue weighted by Crippen LogP contribution is 2.45. The minimum atomic E-state index is 0.324. The number of methoxy groups -OCH3 is 1. The molecule has 0 aromatic heterocycles. The fourth-order valence-corrected chi connectivity index (χ4v) is 3.96. The first-order valence-corrected chi connectivity index (χ1v) is 6.62. The number of carbonyl (C=O) groups is 1. The molecule has 1 amide bonds. The van der Waals surface area contributed by atoms with Crippen LogP contribution < -0.4 is 0 Å². The van der Waals surface area contributed by atoms with Crippen LogP contribution in [0.25, 0.3) is 0 Å². The zero-order valence-corrected chi connectivity index (χ0v) is 10.3. The van der Waals surface area contributed by atoms with Crippen LogP contribution in [0.15, 0.2) is 0 Å². The summed E-state index contributed by atoms with van der Waals surface area (Å²) >= 11 is 1.98. The van der Waals surface area contributed by atoms with Gasteiger partial charge in [0.05, 0.1) is 10.9 Å². The molecule has 2 saturated heterocycles. The minimum absolute atomic E-state index is 0.324. The van der Waals surface area contributed by atoms with Crippen molar-refractivity contribution in [3.63, 3.8) is 0 Å². The molecule has 2 rings (SSSR count). The van der Waals surface area contributed by atoms with Gasteiger partial charge in [-0.25, -0.2) is 0 Å². The molecule has 0 aromatic rings. The lowest BCUT2D eigenvalue weighted by atomic mass is 9.92. The molecule has 15 heavy (non-hydrogen) atoms. The fraction of sp³-hybridized carbons (Fsp3) is 0.909. The van der Waals surface area contributed by atoms with Crippen molar-refractivity contribution in [1.82, 2.24) is 4.90 Å². The lowest BCUT2D eigenvalue weighted by Crippen LogP contribution is -2.60. The maximum Gasteiger partial charge on any atom is 0.222 e. The van der Waals surface area contributed by atoms with E-state index in [0.717, 1.165) is 31.7 Å². The molecular formula is C11H19NO2S. The van der Waals surface area contributed by atoms with Crippen LogP contribution in [0.1, 0.15) is 26.2 Å². The normalized spacial score (nSPS) is 28.1. The smallest absolute Gasteiger partial charge is 0.222 e. The Hall–Kier alpha value is -0.220. The number of hydrogen-bond acceptors (Lipinski definition) is 3. The van der Waals surface area contributed by atoms with Crippen molar-refractivity contribution < 1.29 is 9.53 Å². The predicted molar refractivity (Wildman–Crippen MR) is 62.1 cm³/mol. The zero-order valence-electron chi connectivity index (χ0n) is 9.49. The van der Waals surface area contributed by atoms with Crippen LogP contribution in [-0.2, 0) is 9.53 Å². The number of amides is 1. The summed E-state index contributed by atoms with van der Waals surface area (Å²) in [7, 11) is 1.78. The number of rotatable bonds is 3. The second kappa shape index (κ2) is 4.34. The molecule has 0 saturated carbocycles. The predicted octanol–water partition coefficient (Wildman–Crippen LogP) is 1.52. The summed E-state index contributed by atoms with van der Waals surface area (Å²) in [6.45, 7) is 3.94. The van der Waals surface area contributed by atoms with E-state index in [1.165, 1.54) is 0 Å². The standard InChI is InChI=1S/C11H19NO2S/c1-3-4-10(13)12-7-11(8-12)5-9(14-2)6-15-11/h9H,3-8H2,1-2H3/t9-/m1/s1. The third-order valence-electron chi connectivity index (χ3n) is 3.28. The molecule has 0 aliphatic carbocycles. The highest BCUT2D eigenvalue weighted by atomic mass is 32.2. The van der Waals surface area contributed by atoms with Crippen LogP contribution in [0, 0.1) is 0 Å². The summed E-state index contributed by atoms with van der Waals surface area (Å²) < 4.78 is 5.70. The molecule has 0 unspecified atom stereocenters. The molecule has 3 nitrogen and oxygen atoms in total. The van der Waals surface area contributed by atoms with E-state index in [-0.39, 0.29) is 0 Å². The number of thioether (sulfide) groups is 1. The van der Waals surface area contributed by atoms with Gasteiger partial charge in [0.25, 0.3) is 0 Å². The van der Waals surface area contributed by atoms with E-state index in [2.05, 4.69) is 6.92 Å². The second-order valence-electron chi connectivity index (χ2n) is 4.56. The molecule has 2 aliphatic rings. The number of nitrogens with zero attached hydrogens (tertiary/aromatic N) is 1. The molecule has 2 fully saturated rings. The van der Waals surface area contributed by atoms with Crippen LogP contribution >= 0.6 is 11.8 Å². The molecule has 2 aliphatic heterocycles. The largest absolute Gasteiger partial charge is 0.381 e.